The number of aromatic amines is 1. The molecule has 0 aliphatic carbocycles. The van der Waals surface area contributed by atoms with Gasteiger partial charge in [0.25, 0.3) is 0 Å². The zero-order chi connectivity index (χ0) is 16.9. The minimum absolute atomic E-state index is 0.194. The van der Waals surface area contributed by atoms with Crippen molar-refractivity contribution >= 4 is 12.0 Å². The molecule has 0 radical (unpaired) electrons. The van der Waals surface area contributed by atoms with Gasteiger partial charge >= 0.3 is 6.09 Å². The van der Waals surface area contributed by atoms with Crippen molar-refractivity contribution in [2.75, 3.05) is 5.73 Å². The molecule has 0 bridgehead atoms. The number of carbonyl (C=O) groups excluding carboxylic acids is 1. The Morgan fingerprint density at radius 1 is 1.33 bits per heavy atom. The first-order valence-corrected chi connectivity index (χ1v) is 7.39. The Labute approximate surface area is 138 Å². The third-order valence-electron chi connectivity index (χ3n) is 3.40. The van der Waals surface area contributed by atoms with Gasteiger partial charge in [-0.3, -0.25) is 0 Å². The van der Waals surface area contributed by atoms with Crippen molar-refractivity contribution in [3.63, 3.8) is 0 Å². The van der Waals surface area contributed by atoms with E-state index in [1.165, 1.54) is 0 Å². The number of amides is 1. The summed E-state index contributed by atoms with van der Waals surface area (Å²) in [4.78, 5) is 22.9. The third-order valence-corrected chi connectivity index (χ3v) is 3.40. The van der Waals surface area contributed by atoms with Gasteiger partial charge in [0, 0.05) is 30.6 Å². The molecule has 3 rings (SSSR count). The molecule has 0 unspecified atom stereocenters. The minimum Gasteiger partial charge on any atom is -0.393 e. The van der Waals surface area contributed by atoms with Gasteiger partial charge < -0.3 is 20.8 Å². The Balaban J connectivity index is 1.63. The van der Waals surface area contributed by atoms with E-state index in [1.54, 1.807) is 18.5 Å². The molecule has 7 nitrogen and oxygen atoms in total. The van der Waals surface area contributed by atoms with Gasteiger partial charge in [0.05, 0.1) is 5.69 Å². The highest BCUT2D eigenvalue weighted by Gasteiger charge is 2.11. The molecule has 3 aromatic rings. The first-order valence-electron chi connectivity index (χ1n) is 7.39. The number of benzene rings is 1. The Kier molecular flexibility index (Phi) is 4.42. The molecule has 0 aliphatic heterocycles. The van der Waals surface area contributed by atoms with Crippen LogP contribution in [0.25, 0.3) is 11.3 Å². The molecule has 24 heavy (non-hydrogen) atoms. The molecular formula is C17H17N5O2. The maximum absolute atomic E-state index is 11.9. The number of nitrogens with two attached hydrogens (primary N) is 1. The van der Waals surface area contributed by atoms with Crippen LogP contribution in [0.4, 0.5) is 10.7 Å². The molecule has 7 heteroatoms. The van der Waals surface area contributed by atoms with Crippen LogP contribution in [0.1, 0.15) is 11.1 Å². The first-order chi connectivity index (χ1) is 11.6. The Bertz CT molecular complexity index is 845. The number of rotatable bonds is 4. The number of nitrogen functional groups attached to an aromatic ring is 1. The summed E-state index contributed by atoms with van der Waals surface area (Å²) < 4.78 is 5.23. The minimum atomic E-state index is -0.536. The van der Waals surface area contributed by atoms with Gasteiger partial charge in [-0.25, -0.2) is 14.8 Å². The van der Waals surface area contributed by atoms with Crippen LogP contribution in [0, 0.1) is 6.92 Å². The number of nitrogens with zero attached hydrogens (tertiary/aromatic N) is 2. The van der Waals surface area contributed by atoms with Gasteiger partial charge in [-0.15, -0.1) is 0 Å². The van der Waals surface area contributed by atoms with Crippen molar-refractivity contribution in [2.45, 2.75) is 13.5 Å². The standard InChI is InChI=1S/C17H17N5O2/c1-11-8-20-16(18)22-15(11)13-7-14(19-10-13)24-17(23)21-9-12-5-3-2-4-6-12/h2-8,10,19H,9H2,1H3,(H,21,23)(H2,18,20,22). The molecule has 2 heterocycles. The quantitative estimate of drug-likeness (QED) is 0.684. The van der Waals surface area contributed by atoms with Crippen LogP contribution in [-0.2, 0) is 6.54 Å². The van der Waals surface area contributed by atoms with Gasteiger partial charge in [-0.2, -0.15) is 0 Å². The highest BCUT2D eigenvalue weighted by Crippen LogP contribution is 2.24. The molecule has 0 saturated heterocycles. The number of aromatic nitrogens is 3. The van der Waals surface area contributed by atoms with E-state index in [9.17, 15) is 4.79 Å². The fraction of sp³-hybridized carbons (Fsp3) is 0.118. The molecule has 0 spiro atoms. The topological polar surface area (TPSA) is 106 Å². The molecule has 1 aromatic carbocycles. The van der Waals surface area contributed by atoms with Gasteiger partial charge in [0.2, 0.25) is 11.8 Å². The summed E-state index contributed by atoms with van der Waals surface area (Å²) in [6, 6.07) is 11.3. The van der Waals surface area contributed by atoms with Crippen LogP contribution in [0.2, 0.25) is 0 Å². The van der Waals surface area contributed by atoms with Gasteiger partial charge in [0.15, 0.2) is 0 Å². The lowest BCUT2D eigenvalue weighted by atomic mass is 10.1. The Hall–Kier alpha value is -3.35. The molecule has 1 amide bonds. The molecular weight excluding hydrogens is 306 g/mol. The fourth-order valence-corrected chi connectivity index (χ4v) is 2.22. The number of nitrogens with one attached hydrogen (secondary N) is 2. The van der Waals surface area contributed by atoms with E-state index < -0.39 is 6.09 Å². The molecule has 2 aromatic heterocycles. The van der Waals surface area contributed by atoms with Crippen molar-refractivity contribution < 1.29 is 9.53 Å². The summed E-state index contributed by atoms with van der Waals surface area (Å²) in [5.41, 5.74) is 8.96. The molecule has 0 aliphatic rings. The molecule has 4 N–H and O–H groups in total. The van der Waals surface area contributed by atoms with E-state index in [4.69, 9.17) is 10.5 Å². The van der Waals surface area contributed by atoms with Crippen LogP contribution in [0.15, 0.2) is 48.8 Å². The maximum Gasteiger partial charge on any atom is 0.414 e. The number of hydrogen-bond donors (Lipinski definition) is 3. The van der Waals surface area contributed by atoms with Gasteiger partial charge in [-0.1, -0.05) is 30.3 Å². The predicted molar refractivity (Wildman–Crippen MR) is 90.3 cm³/mol. The van der Waals surface area contributed by atoms with Gasteiger partial charge in [-0.05, 0) is 18.1 Å². The Morgan fingerprint density at radius 3 is 2.92 bits per heavy atom. The first kappa shape index (κ1) is 15.5. The van der Waals surface area contributed by atoms with Gasteiger partial charge in [0.1, 0.15) is 0 Å². The van der Waals surface area contributed by atoms with Crippen LogP contribution >= 0.6 is 0 Å². The normalized spacial score (nSPS) is 10.4. The van der Waals surface area contributed by atoms with Crippen molar-refractivity contribution in [2.24, 2.45) is 0 Å². The number of H-pyrrole nitrogens is 1. The lowest BCUT2D eigenvalue weighted by molar-refractivity contribution is 0.198. The van der Waals surface area contributed by atoms with E-state index >= 15 is 0 Å². The highest BCUT2D eigenvalue weighted by molar-refractivity contribution is 5.71. The summed E-state index contributed by atoms with van der Waals surface area (Å²) in [5.74, 6) is 0.520. The summed E-state index contributed by atoms with van der Waals surface area (Å²) in [6.07, 6.45) is 2.82. The van der Waals surface area contributed by atoms with Crippen molar-refractivity contribution in [1.29, 1.82) is 0 Å². The predicted octanol–water partition coefficient (Wildman–Crippen LogP) is 2.65. The van der Waals surface area contributed by atoms with Crippen LogP contribution in [0.5, 0.6) is 5.88 Å². The van der Waals surface area contributed by atoms with Crippen molar-refractivity contribution in [1.82, 2.24) is 20.3 Å². The zero-order valence-electron chi connectivity index (χ0n) is 13.1. The fourth-order valence-electron chi connectivity index (χ4n) is 2.22. The lowest BCUT2D eigenvalue weighted by Crippen LogP contribution is -2.26. The van der Waals surface area contributed by atoms with Crippen molar-refractivity contribution in [3.8, 4) is 17.1 Å². The monoisotopic (exact) mass is 323 g/mol. The molecule has 122 valence electrons. The largest absolute Gasteiger partial charge is 0.414 e. The average Bonchev–Trinajstić information content (AvgIpc) is 3.04. The van der Waals surface area contributed by atoms with Crippen LogP contribution in [0.3, 0.4) is 0 Å². The van der Waals surface area contributed by atoms with Crippen molar-refractivity contribution in [3.05, 3.63) is 59.9 Å². The van der Waals surface area contributed by atoms with E-state index in [2.05, 4.69) is 20.3 Å². The van der Waals surface area contributed by atoms with E-state index in [0.29, 0.717) is 18.1 Å². The lowest BCUT2D eigenvalue weighted by Gasteiger charge is -2.05. The van der Waals surface area contributed by atoms with E-state index in [-0.39, 0.29) is 5.95 Å². The number of aryl methyl sites for hydroxylation is 1. The molecule has 0 fully saturated rings. The number of hydrogen-bond acceptors (Lipinski definition) is 5. The second kappa shape index (κ2) is 6.82. The number of ether oxygens (including phenoxy) is 1. The summed E-state index contributed by atoms with van der Waals surface area (Å²) >= 11 is 0. The van der Waals surface area contributed by atoms with Crippen LogP contribution < -0.4 is 15.8 Å². The SMILES string of the molecule is Cc1cnc(N)nc1-c1c[nH]c(OC(=O)NCc2ccccc2)c1. The highest BCUT2D eigenvalue weighted by atomic mass is 16.6. The third kappa shape index (κ3) is 3.70. The van der Waals surface area contributed by atoms with E-state index in [1.807, 2.05) is 37.3 Å². The van der Waals surface area contributed by atoms with E-state index in [0.717, 1.165) is 16.7 Å². The maximum atomic E-state index is 11.9. The van der Waals surface area contributed by atoms with Crippen LogP contribution in [-0.4, -0.2) is 21.0 Å². The summed E-state index contributed by atoms with van der Waals surface area (Å²) in [6.45, 7) is 2.28. The smallest absolute Gasteiger partial charge is 0.393 e. The molecule has 0 saturated carbocycles. The summed E-state index contributed by atoms with van der Waals surface area (Å²) in [7, 11) is 0. The zero-order valence-corrected chi connectivity index (χ0v) is 13.1. The number of carbonyl (C=O) groups is 1. The summed E-state index contributed by atoms with van der Waals surface area (Å²) in [5, 5.41) is 2.69. The molecule has 0 atom stereocenters. The second-order valence-corrected chi connectivity index (χ2v) is 5.24. The number of anilines is 1. The second-order valence-electron chi connectivity index (χ2n) is 5.24. The Morgan fingerprint density at radius 2 is 2.12 bits per heavy atom. The average molecular weight is 323 g/mol.